The van der Waals surface area contributed by atoms with Crippen molar-refractivity contribution in [1.82, 2.24) is 0 Å². The summed E-state index contributed by atoms with van der Waals surface area (Å²) in [6.07, 6.45) is 2.89. The van der Waals surface area contributed by atoms with Crippen LogP contribution in [0.15, 0.2) is 48.5 Å². The van der Waals surface area contributed by atoms with Crippen LogP contribution in [-0.2, 0) is 10.2 Å². The highest BCUT2D eigenvalue weighted by molar-refractivity contribution is 6.07. The summed E-state index contributed by atoms with van der Waals surface area (Å²) in [6.45, 7) is 6.95. The van der Waals surface area contributed by atoms with Crippen molar-refractivity contribution in [3.05, 3.63) is 59.7 Å². The van der Waals surface area contributed by atoms with E-state index in [1.165, 1.54) is 5.56 Å². The van der Waals surface area contributed by atoms with Gasteiger partial charge in [-0.3, -0.25) is 9.59 Å². The molecule has 154 valence electrons. The molecule has 3 rings (SSSR count). The van der Waals surface area contributed by atoms with E-state index < -0.39 is 0 Å². The standard InChI is InChI=1S/C24H31N3O2/c1-24(2,3)18-13-11-16(12-14-18)22(28)26-20-9-4-5-10-21(20)27-23(29)19-8-6-7-17(19)15-25/h4-5,9-14,17,19H,6-8,15,25H2,1-3H3,(H,26,28)(H,27,29)/t17-,19-/m1/s1. The van der Waals surface area contributed by atoms with Crippen molar-refractivity contribution in [1.29, 1.82) is 0 Å². The molecule has 5 nitrogen and oxygen atoms in total. The molecule has 2 aromatic rings. The maximum atomic E-state index is 12.7. The number of anilines is 2. The molecule has 0 unspecified atom stereocenters. The summed E-state index contributed by atoms with van der Waals surface area (Å²) in [6, 6.07) is 14.9. The first kappa shape index (κ1) is 21.1. The number of nitrogens with one attached hydrogen (secondary N) is 2. The quantitative estimate of drug-likeness (QED) is 0.697. The average Bonchev–Trinajstić information content (AvgIpc) is 3.18. The van der Waals surface area contributed by atoms with Gasteiger partial charge in [-0.2, -0.15) is 0 Å². The van der Waals surface area contributed by atoms with Crippen LogP contribution in [0.2, 0.25) is 0 Å². The molecule has 29 heavy (non-hydrogen) atoms. The molecule has 2 amide bonds. The number of amides is 2. The molecule has 0 aromatic heterocycles. The van der Waals surface area contributed by atoms with E-state index in [2.05, 4.69) is 31.4 Å². The average molecular weight is 394 g/mol. The Morgan fingerprint density at radius 2 is 1.59 bits per heavy atom. The second-order valence-electron chi connectivity index (χ2n) is 8.85. The van der Waals surface area contributed by atoms with Crippen molar-refractivity contribution < 1.29 is 9.59 Å². The molecule has 1 fully saturated rings. The van der Waals surface area contributed by atoms with Gasteiger partial charge in [0.25, 0.3) is 5.91 Å². The highest BCUT2D eigenvalue weighted by atomic mass is 16.2. The smallest absolute Gasteiger partial charge is 0.255 e. The van der Waals surface area contributed by atoms with Crippen LogP contribution in [-0.4, -0.2) is 18.4 Å². The first-order chi connectivity index (χ1) is 13.8. The second-order valence-corrected chi connectivity index (χ2v) is 8.85. The Bertz CT molecular complexity index is 868. The Kier molecular flexibility index (Phi) is 6.38. The first-order valence-electron chi connectivity index (χ1n) is 10.3. The van der Waals surface area contributed by atoms with Crippen LogP contribution in [0.5, 0.6) is 0 Å². The molecule has 0 spiro atoms. The SMILES string of the molecule is CC(C)(C)c1ccc(C(=O)Nc2ccccc2NC(=O)[C@@H]2CCC[C@@H]2CN)cc1. The maximum absolute atomic E-state index is 12.7. The third-order valence-electron chi connectivity index (χ3n) is 5.74. The van der Waals surface area contributed by atoms with E-state index in [0.717, 1.165) is 19.3 Å². The van der Waals surface area contributed by atoms with Crippen molar-refractivity contribution in [3.8, 4) is 0 Å². The molecule has 2 atom stereocenters. The number of para-hydroxylation sites is 2. The lowest BCUT2D eigenvalue weighted by Crippen LogP contribution is -2.30. The first-order valence-corrected chi connectivity index (χ1v) is 10.3. The van der Waals surface area contributed by atoms with Gasteiger partial charge in [0, 0.05) is 11.5 Å². The number of carbonyl (C=O) groups excluding carboxylic acids is 2. The molecule has 0 saturated heterocycles. The predicted molar refractivity (Wildman–Crippen MR) is 118 cm³/mol. The molecule has 4 N–H and O–H groups in total. The van der Waals surface area contributed by atoms with Crippen LogP contribution in [0.4, 0.5) is 11.4 Å². The Morgan fingerprint density at radius 3 is 2.17 bits per heavy atom. The lowest BCUT2D eigenvalue weighted by Gasteiger charge is -2.20. The van der Waals surface area contributed by atoms with Crippen LogP contribution in [0.3, 0.4) is 0 Å². The van der Waals surface area contributed by atoms with Crippen LogP contribution < -0.4 is 16.4 Å². The van der Waals surface area contributed by atoms with Crippen LogP contribution in [0.25, 0.3) is 0 Å². The van der Waals surface area contributed by atoms with Gasteiger partial charge >= 0.3 is 0 Å². The van der Waals surface area contributed by atoms with Crippen molar-refractivity contribution >= 4 is 23.2 Å². The molecule has 2 aromatic carbocycles. The summed E-state index contributed by atoms with van der Waals surface area (Å²) >= 11 is 0. The Morgan fingerprint density at radius 1 is 0.966 bits per heavy atom. The topological polar surface area (TPSA) is 84.2 Å². The van der Waals surface area contributed by atoms with Crippen molar-refractivity contribution in [2.45, 2.75) is 45.4 Å². The summed E-state index contributed by atoms with van der Waals surface area (Å²) in [5, 5.41) is 5.92. The number of hydrogen-bond donors (Lipinski definition) is 3. The number of benzene rings is 2. The number of rotatable bonds is 5. The summed E-state index contributed by atoms with van der Waals surface area (Å²) in [4.78, 5) is 25.5. The zero-order valence-electron chi connectivity index (χ0n) is 17.5. The van der Waals surface area contributed by atoms with Gasteiger partial charge in [0.1, 0.15) is 0 Å². The Balaban J connectivity index is 1.72. The second kappa shape index (κ2) is 8.78. The zero-order chi connectivity index (χ0) is 21.0. The van der Waals surface area contributed by atoms with Crippen LogP contribution in [0.1, 0.15) is 56.0 Å². The minimum atomic E-state index is -0.201. The Labute approximate surface area is 173 Å². The van der Waals surface area contributed by atoms with Gasteiger partial charge in [-0.1, -0.05) is 51.5 Å². The highest BCUT2D eigenvalue weighted by Crippen LogP contribution is 2.33. The molecular formula is C24H31N3O2. The van der Waals surface area contributed by atoms with E-state index in [1.807, 2.05) is 42.5 Å². The minimum Gasteiger partial charge on any atom is -0.330 e. The molecule has 0 aliphatic heterocycles. The van der Waals surface area contributed by atoms with Gasteiger partial charge in [0.2, 0.25) is 5.91 Å². The normalized spacial score (nSPS) is 19.0. The fourth-order valence-electron chi connectivity index (χ4n) is 3.91. The van der Waals surface area contributed by atoms with Crippen molar-refractivity contribution in [2.75, 3.05) is 17.2 Å². The molecule has 1 aliphatic rings. The predicted octanol–water partition coefficient (Wildman–Crippen LogP) is 4.55. The Hall–Kier alpha value is -2.66. The molecule has 5 heteroatoms. The van der Waals surface area contributed by atoms with Gasteiger partial charge in [-0.15, -0.1) is 0 Å². The van der Waals surface area contributed by atoms with Gasteiger partial charge in [0.15, 0.2) is 0 Å². The van der Waals surface area contributed by atoms with Crippen molar-refractivity contribution in [2.24, 2.45) is 17.6 Å². The maximum Gasteiger partial charge on any atom is 0.255 e. The monoisotopic (exact) mass is 393 g/mol. The lowest BCUT2D eigenvalue weighted by atomic mass is 9.87. The molecule has 1 saturated carbocycles. The van der Waals surface area contributed by atoms with Gasteiger partial charge in [0.05, 0.1) is 11.4 Å². The lowest BCUT2D eigenvalue weighted by molar-refractivity contribution is -0.120. The van der Waals surface area contributed by atoms with E-state index in [4.69, 9.17) is 5.73 Å². The zero-order valence-corrected chi connectivity index (χ0v) is 17.5. The van der Waals surface area contributed by atoms with Crippen LogP contribution >= 0.6 is 0 Å². The molecule has 0 bridgehead atoms. The third-order valence-corrected chi connectivity index (χ3v) is 5.74. The molecule has 0 radical (unpaired) electrons. The van der Waals surface area contributed by atoms with E-state index in [-0.39, 0.29) is 29.1 Å². The highest BCUT2D eigenvalue weighted by Gasteiger charge is 2.32. The van der Waals surface area contributed by atoms with E-state index in [1.54, 1.807) is 6.07 Å². The fraction of sp³-hybridized carbons (Fsp3) is 0.417. The summed E-state index contributed by atoms with van der Waals surface area (Å²) in [5.74, 6) is -0.0474. The minimum absolute atomic E-state index is 0.0193. The number of nitrogens with two attached hydrogens (primary N) is 1. The van der Waals surface area contributed by atoms with Gasteiger partial charge in [-0.05, 0) is 60.5 Å². The van der Waals surface area contributed by atoms with Gasteiger partial charge < -0.3 is 16.4 Å². The third kappa shape index (κ3) is 5.04. The van der Waals surface area contributed by atoms with E-state index >= 15 is 0 Å². The van der Waals surface area contributed by atoms with Crippen molar-refractivity contribution in [3.63, 3.8) is 0 Å². The van der Waals surface area contributed by atoms with Crippen LogP contribution in [0, 0.1) is 11.8 Å². The molecule has 1 aliphatic carbocycles. The summed E-state index contributed by atoms with van der Waals surface area (Å²) < 4.78 is 0. The molecule has 0 heterocycles. The van der Waals surface area contributed by atoms with Gasteiger partial charge in [-0.25, -0.2) is 0 Å². The molecular weight excluding hydrogens is 362 g/mol. The largest absolute Gasteiger partial charge is 0.330 e. The summed E-state index contributed by atoms with van der Waals surface area (Å²) in [5.41, 5.74) is 8.81. The number of hydrogen-bond acceptors (Lipinski definition) is 3. The van der Waals surface area contributed by atoms with E-state index in [0.29, 0.717) is 23.5 Å². The summed E-state index contributed by atoms with van der Waals surface area (Å²) in [7, 11) is 0. The number of carbonyl (C=O) groups is 2. The van der Waals surface area contributed by atoms with E-state index in [9.17, 15) is 9.59 Å². The fourth-order valence-corrected chi connectivity index (χ4v) is 3.91.